The lowest BCUT2D eigenvalue weighted by molar-refractivity contribution is -0.118. The Kier molecular flexibility index (Phi) is 6.46. The summed E-state index contributed by atoms with van der Waals surface area (Å²) in [5, 5.41) is 12.4. The van der Waals surface area contributed by atoms with Gasteiger partial charge in [-0.1, -0.05) is 47.1 Å². The Morgan fingerprint density at radius 2 is 1.83 bits per heavy atom. The van der Waals surface area contributed by atoms with Gasteiger partial charge in [-0.25, -0.2) is 0 Å². The summed E-state index contributed by atoms with van der Waals surface area (Å²) in [6.45, 7) is 2.04. The second-order valence-electron chi connectivity index (χ2n) is 6.94. The van der Waals surface area contributed by atoms with Crippen LogP contribution in [0, 0.1) is 0 Å². The number of rotatable bonds is 6. The van der Waals surface area contributed by atoms with Crippen molar-refractivity contribution in [3.8, 4) is 0 Å². The first-order chi connectivity index (χ1) is 14.5. The fourth-order valence-corrected chi connectivity index (χ4v) is 4.50. The first-order valence-electron chi connectivity index (χ1n) is 9.49. The number of carbonyl (C=O) groups is 2. The quantitative estimate of drug-likeness (QED) is 0.563. The molecule has 0 saturated carbocycles. The van der Waals surface area contributed by atoms with Crippen LogP contribution in [0.25, 0.3) is 5.65 Å². The van der Waals surface area contributed by atoms with E-state index in [0.717, 1.165) is 31.5 Å². The second-order valence-corrected chi connectivity index (χ2v) is 8.73. The van der Waals surface area contributed by atoms with Gasteiger partial charge in [-0.05, 0) is 36.6 Å². The predicted molar refractivity (Wildman–Crippen MR) is 117 cm³/mol. The summed E-state index contributed by atoms with van der Waals surface area (Å²) in [6.07, 6.45) is 3.80. The maximum Gasteiger partial charge on any atom is 0.253 e. The van der Waals surface area contributed by atoms with Crippen molar-refractivity contribution < 1.29 is 9.59 Å². The lowest BCUT2D eigenvalue weighted by Gasteiger charge is -2.15. The number of benzene rings is 1. The van der Waals surface area contributed by atoms with E-state index in [1.807, 2.05) is 29.2 Å². The minimum absolute atomic E-state index is 0.0697. The highest BCUT2D eigenvalue weighted by Gasteiger charge is 2.19. The second kappa shape index (κ2) is 9.24. The van der Waals surface area contributed by atoms with E-state index in [1.165, 1.54) is 11.8 Å². The van der Waals surface area contributed by atoms with Gasteiger partial charge in [0.2, 0.25) is 5.91 Å². The van der Waals surface area contributed by atoms with Gasteiger partial charge in [0.25, 0.3) is 5.91 Å². The van der Waals surface area contributed by atoms with Gasteiger partial charge in [0, 0.05) is 31.4 Å². The van der Waals surface area contributed by atoms with Crippen LogP contribution in [0.4, 0.5) is 0 Å². The fraction of sp³-hybridized carbons (Fsp3) is 0.300. The molecular formula is C20H19Cl2N5O2S. The number of fused-ring (bicyclic) bond motifs is 1. The number of nitrogens with zero attached hydrogens (tertiary/aromatic N) is 4. The zero-order chi connectivity index (χ0) is 21.1. The molecule has 0 aliphatic carbocycles. The number of hydrogen-bond donors (Lipinski definition) is 1. The van der Waals surface area contributed by atoms with E-state index >= 15 is 0 Å². The van der Waals surface area contributed by atoms with Gasteiger partial charge in [0.1, 0.15) is 0 Å². The minimum Gasteiger partial charge on any atom is -0.351 e. The Hall–Kier alpha value is -2.29. The lowest BCUT2D eigenvalue weighted by atomic mass is 10.1. The number of aromatic nitrogens is 3. The average molecular weight is 464 g/mol. The van der Waals surface area contributed by atoms with Crippen LogP contribution in [-0.2, 0) is 11.3 Å². The summed E-state index contributed by atoms with van der Waals surface area (Å²) in [5.41, 5.74) is 2.10. The van der Waals surface area contributed by atoms with Crippen LogP contribution >= 0.6 is 35.0 Å². The van der Waals surface area contributed by atoms with Crippen LogP contribution in [0.1, 0.15) is 28.8 Å². The molecular weight excluding hydrogens is 445 g/mol. The molecule has 1 saturated heterocycles. The zero-order valence-corrected chi connectivity index (χ0v) is 18.3. The zero-order valence-electron chi connectivity index (χ0n) is 16.0. The summed E-state index contributed by atoms with van der Waals surface area (Å²) < 4.78 is 1.67. The fourth-order valence-electron chi connectivity index (χ4n) is 3.25. The molecule has 1 aliphatic rings. The first kappa shape index (κ1) is 21.0. The summed E-state index contributed by atoms with van der Waals surface area (Å²) in [6, 6.07) is 8.96. The number of thioether (sulfide) groups is 1. The molecule has 1 N–H and O–H groups in total. The van der Waals surface area contributed by atoms with E-state index in [9.17, 15) is 9.59 Å². The van der Waals surface area contributed by atoms with Crippen molar-refractivity contribution in [3.63, 3.8) is 0 Å². The van der Waals surface area contributed by atoms with Crippen molar-refractivity contribution in [3.05, 3.63) is 57.7 Å². The first-order valence-corrected chi connectivity index (χ1v) is 11.2. The maximum absolute atomic E-state index is 12.4. The number of pyridine rings is 1. The molecule has 4 rings (SSSR count). The largest absolute Gasteiger partial charge is 0.351 e. The summed E-state index contributed by atoms with van der Waals surface area (Å²) in [7, 11) is 0. The van der Waals surface area contributed by atoms with Crippen LogP contribution in [0.5, 0.6) is 0 Å². The Labute approximate surface area is 187 Å². The Balaban J connectivity index is 1.29. The number of nitrogens with one attached hydrogen (secondary N) is 1. The number of likely N-dealkylation sites (tertiary alicyclic amines) is 1. The topological polar surface area (TPSA) is 79.6 Å². The molecule has 0 bridgehead atoms. The third-order valence-corrected chi connectivity index (χ3v) is 6.24. The molecule has 2 amide bonds. The molecule has 0 radical (unpaired) electrons. The molecule has 0 spiro atoms. The van der Waals surface area contributed by atoms with Gasteiger partial charge in [-0.15, -0.1) is 10.2 Å². The molecule has 156 valence electrons. The van der Waals surface area contributed by atoms with Crippen LogP contribution in [0.15, 0.2) is 41.7 Å². The van der Waals surface area contributed by atoms with Crippen LogP contribution in [0.2, 0.25) is 10.0 Å². The standard InChI is InChI=1S/C20H19Cl2N5O2S/c21-15-9-16(22)18-24-25-20(27(18)11-15)30-12-17(28)23-10-13-3-5-14(6-4-13)19(29)26-7-1-2-8-26/h3-6,9,11H,1-2,7-8,10,12H2,(H,23,28). The third kappa shape index (κ3) is 4.71. The maximum atomic E-state index is 12.4. The van der Waals surface area contributed by atoms with Crippen molar-refractivity contribution >= 4 is 52.4 Å². The van der Waals surface area contributed by atoms with Gasteiger partial charge in [-0.3, -0.25) is 14.0 Å². The molecule has 7 nitrogen and oxygen atoms in total. The Morgan fingerprint density at radius 1 is 1.10 bits per heavy atom. The number of amides is 2. The van der Waals surface area contributed by atoms with Gasteiger partial charge < -0.3 is 10.2 Å². The van der Waals surface area contributed by atoms with Crippen molar-refractivity contribution in [2.45, 2.75) is 24.5 Å². The van der Waals surface area contributed by atoms with Crippen molar-refractivity contribution in [2.24, 2.45) is 0 Å². The SMILES string of the molecule is O=C(CSc1nnc2c(Cl)cc(Cl)cn12)NCc1ccc(C(=O)N2CCCC2)cc1. The van der Waals surface area contributed by atoms with E-state index in [1.54, 1.807) is 16.7 Å². The molecule has 3 aromatic rings. The van der Waals surface area contributed by atoms with Crippen LogP contribution < -0.4 is 5.32 Å². The van der Waals surface area contributed by atoms with Crippen molar-refractivity contribution in [2.75, 3.05) is 18.8 Å². The van der Waals surface area contributed by atoms with Crippen LogP contribution in [0.3, 0.4) is 0 Å². The van der Waals surface area contributed by atoms with Crippen molar-refractivity contribution in [1.29, 1.82) is 0 Å². The molecule has 1 aliphatic heterocycles. The third-order valence-electron chi connectivity index (χ3n) is 4.81. The predicted octanol–water partition coefficient (Wildman–Crippen LogP) is 3.68. The smallest absolute Gasteiger partial charge is 0.253 e. The number of halogens is 2. The summed E-state index contributed by atoms with van der Waals surface area (Å²) >= 11 is 13.4. The molecule has 3 heterocycles. The lowest BCUT2D eigenvalue weighted by Crippen LogP contribution is -2.27. The van der Waals surface area contributed by atoms with Gasteiger partial charge in [0.05, 0.1) is 15.8 Å². The monoisotopic (exact) mass is 463 g/mol. The van der Waals surface area contributed by atoms with E-state index in [2.05, 4.69) is 15.5 Å². The average Bonchev–Trinajstić information content (AvgIpc) is 3.41. The highest BCUT2D eigenvalue weighted by atomic mass is 35.5. The molecule has 10 heteroatoms. The molecule has 1 fully saturated rings. The molecule has 30 heavy (non-hydrogen) atoms. The summed E-state index contributed by atoms with van der Waals surface area (Å²) in [5.74, 6) is 0.110. The minimum atomic E-state index is -0.137. The molecule has 2 aromatic heterocycles. The van der Waals surface area contributed by atoms with Gasteiger partial charge >= 0.3 is 0 Å². The molecule has 0 atom stereocenters. The van der Waals surface area contributed by atoms with E-state index in [0.29, 0.717) is 33.0 Å². The van der Waals surface area contributed by atoms with E-state index in [4.69, 9.17) is 23.2 Å². The molecule has 0 unspecified atom stereocenters. The van der Waals surface area contributed by atoms with Crippen LogP contribution in [-0.4, -0.2) is 50.2 Å². The Morgan fingerprint density at radius 3 is 2.57 bits per heavy atom. The van der Waals surface area contributed by atoms with Crippen molar-refractivity contribution in [1.82, 2.24) is 24.8 Å². The van der Waals surface area contributed by atoms with E-state index in [-0.39, 0.29) is 17.6 Å². The molecule has 1 aromatic carbocycles. The van der Waals surface area contributed by atoms with E-state index < -0.39 is 0 Å². The highest BCUT2D eigenvalue weighted by Crippen LogP contribution is 2.25. The Bertz CT molecular complexity index is 1080. The van der Waals surface area contributed by atoms with Gasteiger partial charge in [0.15, 0.2) is 10.8 Å². The number of hydrogen-bond acceptors (Lipinski definition) is 5. The summed E-state index contributed by atoms with van der Waals surface area (Å²) in [4.78, 5) is 26.5. The normalized spacial score (nSPS) is 13.7. The number of carbonyl (C=O) groups excluding carboxylic acids is 2. The highest BCUT2D eigenvalue weighted by molar-refractivity contribution is 7.99. The van der Waals surface area contributed by atoms with Gasteiger partial charge in [-0.2, -0.15) is 0 Å².